The minimum absolute atomic E-state index is 0.162. The van der Waals surface area contributed by atoms with Crippen molar-refractivity contribution >= 4 is 0 Å². The Balaban J connectivity index is 2.23. The van der Waals surface area contributed by atoms with E-state index in [1.54, 1.807) is 6.07 Å². The molecule has 88 valence electrons. The predicted molar refractivity (Wildman–Crippen MR) is 67.6 cm³/mol. The van der Waals surface area contributed by atoms with Crippen molar-refractivity contribution < 1.29 is 9.13 Å². The van der Waals surface area contributed by atoms with E-state index in [1.165, 1.54) is 12.1 Å². The topological polar surface area (TPSA) is 9.23 Å². The number of hydrogen-bond acceptors (Lipinski definition) is 1. The molecule has 0 unspecified atom stereocenters. The molecule has 0 radical (unpaired) electrons. The summed E-state index contributed by atoms with van der Waals surface area (Å²) < 4.78 is 18.6. The molecule has 0 fully saturated rings. The van der Waals surface area contributed by atoms with Crippen molar-refractivity contribution in [3.05, 3.63) is 54.3 Å². The SMILES string of the molecule is CC(C)Oc1ccc(-c2cccc(F)c2)cc1. The van der Waals surface area contributed by atoms with Crippen LogP contribution in [0, 0.1) is 5.82 Å². The molecule has 0 aliphatic carbocycles. The highest BCUT2D eigenvalue weighted by Gasteiger charge is 2.01. The third-order valence-electron chi connectivity index (χ3n) is 2.38. The average Bonchev–Trinajstić information content (AvgIpc) is 2.29. The molecule has 0 spiro atoms. The first-order valence-electron chi connectivity index (χ1n) is 5.68. The standard InChI is InChI=1S/C15H15FO/c1-11(2)17-15-8-6-12(7-9-15)13-4-3-5-14(16)10-13/h3-11H,1-2H3. The lowest BCUT2D eigenvalue weighted by Gasteiger charge is -2.10. The maximum Gasteiger partial charge on any atom is 0.123 e. The largest absolute Gasteiger partial charge is 0.491 e. The summed E-state index contributed by atoms with van der Waals surface area (Å²) in [5.74, 6) is 0.616. The minimum Gasteiger partial charge on any atom is -0.491 e. The van der Waals surface area contributed by atoms with E-state index in [-0.39, 0.29) is 11.9 Å². The lowest BCUT2D eigenvalue weighted by Crippen LogP contribution is -2.05. The van der Waals surface area contributed by atoms with Gasteiger partial charge in [-0.25, -0.2) is 4.39 Å². The molecule has 0 atom stereocenters. The van der Waals surface area contributed by atoms with Gasteiger partial charge in [0.05, 0.1) is 6.10 Å². The van der Waals surface area contributed by atoms with Crippen LogP contribution in [0.4, 0.5) is 4.39 Å². The van der Waals surface area contributed by atoms with Gasteiger partial charge < -0.3 is 4.74 Å². The van der Waals surface area contributed by atoms with Gasteiger partial charge in [-0.2, -0.15) is 0 Å². The van der Waals surface area contributed by atoms with Crippen molar-refractivity contribution in [1.82, 2.24) is 0 Å². The van der Waals surface area contributed by atoms with Gasteiger partial charge in [-0.15, -0.1) is 0 Å². The molecule has 2 heteroatoms. The van der Waals surface area contributed by atoms with Crippen LogP contribution >= 0.6 is 0 Å². The van der Waals surface area contributed by atoms with E-state index in [0.717, 1.165) is 16.9 Å². The Morgan fingerprint density at radius 3 is 2.24 bits per heavy atom. The zero-order valence-electron chi connectivity index (χ0n) is 9.98. The van der Waals surface area contributed by atoms with Crippen molar-refractivity contribution in [1.29, 1.82) is 0 Å². The molecular weight excluding hydrogens is 215 g/mol. The maximum atomic E-state index is 13.1. The van der Waals surface area contributed by atoms with Crippen molar-refractivity contribution in [2.24, 2.45) is 0 Å². The highest BCUT2D eigenvalue weighted by molar-refractivity contribution is 5.64. The molecule has 0 bridgehead atoms. The second-order valence-corrected chi connectivity index (χ2v) is 4.20. The molecule has 0 N–H and O–H groups in total. The summed E-state index contributed by atoms with van der Waals surface area (Å²) in [5, 5.41) is 0. The summed E-state index contributed by atoms with van der Waals surface area (Å²) >= 11 is 0. The summed E-state index contributed by atoms with van der Waals surface area (Å²) in [6.45, 7) is 3.97. The van der Waals surface area contributed by atoms with Crippen LogP contribution in [0.2, 0.25) is 0 Å². The quantitative estimate of drug-likeness (QED) is 0.764. The van der Waals surface area contributed by atoms with Crippen LogP contribution in [0.5, 0.6) is 5.75 Å². The monoisotopic (exact) mass is 230 g/mol. The van der Waals surface area contributed by atoms with Gasteiger partial charge in [-0.05, 0) is 49.2 Å². The lowest BCUT2D eigenvalue weighted by molar-refractivity contribution is 0.242. The van der Waals surface area contributed by atoms with Crippen molar-refractivity contribution in [3.63, 3.8) is 0 Å². The normalized spacial score (nSPS) is 10.6. The van der Waals surface area contributed by atoms with E-state index >= 15 is 0 Å². The molecule has 2 aromatic rings. The number of halogens is 1. The smallest absolute Gasteiger partial charge is 0.123 e. The molecule has 2 rings (SSSR count). The maximum absolute atomic E-state index is 13.1. The average molecular weight is 230 g/mol. The second-order valence-electron chi connectivity index (χ2n) is 4.20. The fraction of sp³-hybridized carbons (Fsp3) is 0.200. The summed E-state index contributed by atoms with van der Waals surface area (Å²) in [7, 11) is 0. The molecule has 0 saturated heterocycles. The predicted octanol–water partition coefficient (Wildman–Crippen LogP) is 4.28. The Hall–Kier alpha value is -1.83. The van der Waals surface area contributed by atoms with Crippen LogP contribution in [0.3, 0.4) is 0 Å². The Morgan fingerprint density at radius 1 is 0.941 bits per heavy atom. The van der Waals surface area contributed by atoms with Gasteiger partial charge in [0.2, 0.25) is 0 Å². The summed E-state index contributed by atoms with van der Waals surface area (Å²) in [6, 6.07) is 14.3. The molecule has 0 saturated carbocycles. The third-order valence-corrected chi connectivity index (χ3v) is 2.38. The van der Waals surface area contributed by atoms with Gasteiger partial charge in [0.15, 0.2) is 0 Å². The zero-order valence-corrected chi connectivity index (χ0v) is 9.98. The Labute approximate surface area is 101 Å². The van der Waals surface area contributed by atoms with Crippen LogP contribution in [0.25, 0.3) is 11.1 Å². The fourth-order valence-electron chi connectivity index (χ4n) is 1.67. The van der Waals surface area contributed by atoms with Crippen LogP contribution in [0.15, 0.2) is 48.5 Å². The molecule has 2 aromatic carbocycles. The first-order chi connectivity index (χ1) is 8.15. The molecule has 0 heterocycles. The molecule has 0 amide bonds. The Kier molecular flexibility index (Phi) is 3.43. The van der Waals surface area contributed by atoms with E-state index in [2.05, 4.69) is 0 Å². The highest BCUT2D eigenvalue weighted by Crippen LogP contribution is 2.23. The van der Waals surface area contributed by atoms with Crippen LogP contribution in [-0.2, 0) is 0 Å². The van der Waals surface area contributed by atoms with Gasteiger partial charge in [0, 0.05) is 0 Å². The van der Waals surface area contributed by atoms with Crippen molar-refractivity contribution in [3.8, 4) is 16.9 Å². The molecule has 1 nitrogen and oxygen atoms in total. The van der Waals surface area contributed by atoms with E-state index in [1.807, 2.05) is 44.2 Å². The number of rotatable bonds is 3. The van der Waals surface area contributed by atoms with Crippen molar-refractivity contribution in [2.45, 2.75) is 20.0 Å². The van der Waals surface area contributed by atoms with Gasteiger partial charge in [-0.1, -0.05) is 24.3 Å². The van der Waals surface area contributed by atoms with Gasteiger partial charge in [0.25, 0.3) is 0 Å². The second kappa shape index (κ2) is 5.00. The first kappa shape index (κ1) is 11.6. The van der Waals surface area contributed by atoms with E-state index in [0.29, 0.717) is 0 Å². The van der Waals surface area contributed by atoms with Crippen LogP contribution < -0.4 is 4.74 Å². The molecular formula is C15H15FO. The molecule has 0 aliphatic heterocycles. The van der Waals surface area contributed by atoms with Crippen LogP contribution in [0.1, 0.15) is 13.8 Å². The number of benzene rings is 2. The lowest BCUT2D eigenvalue weighted by atomic mass is 10.1. The molecule has 17 heavy (non-hydrogen) atoms. The van der Waals surface area contributed by atoms with Gasteiger partial charge in [-0.3, -0.25) is 0 Å². The van der Waals surface area contributed by atoms with Gasteiger partial charge >= 0.3 is 0 Å². The number of ether oxygens (including phenoxy) is 1. The molecule has 0 aliphatic rings. The van der Waals surface area contributed by atoms with Crippen LogP contribution in [-0.4, -0.2) is 6.10 Å². The van der Waals surface area contributed by atoms with Gasteiger partial charge in [0.1, 0.15) is 11.6 Å². The van der Waals surface area contributed by atoms with E-state index < -0.39 is 0 Å². The zero-order chi connectivity index (χ0) is 12.3. The first-order valence-corrected chi connectivity index (χ1v) is 5.68. The fourth-order valence-corrected chi connectivity index (χ4v) is 1.67. The van der Waals surface area contributed by atoms with E-state index in [9.17, 15) is 4.39 Å². The Bertz CT molecular complexity index is 489. The third kappa shape index (κ3) is 3.06. The highest BCUT2D eigenvalue weighted by atomic mass is 19.1. The van der Waals surface area contributed by atoms with Crippen molar-refractivity contribution in [2.75, 3.05) is 0 Å². The number of hydrogen-bond donors (Lipinski definition) is 0. The summed E-state index contributed by atoms with van der Waals surface area (Å²) in [5.41, 5.74) is 1.86. The summed E-state index contributed by atoms with van der Waals surface area (Å²) in [4.78, 5) is 0. The molecule has 0 aromatic heterocycles. The minimum atomic E-state index is -0.218. The Morgan fingerprint density at radius 2 is 1.65 bits per heavy atom. The summed E-state index contributed by atoms with van der Waals surface area (Å²) in [6.07, 6.45) is 0.162. The van der Waals surface area contributed by atoms with E-state index in [4.69, 9.17) is 4.74 Å².